The van der Waals surface area contributed by atoms with Gasteiger partial charge in [0, 0.05) is 21.5 Å². The number of carbonyl (C=O) groups is 1. The molecule has 1 N–H and O–H groups in total. The number of benzene rings is 3. The van der Waals surface area contributed by atoms with Gasteiger partial charge in [0.1, 0.15) is 10.7 Å². The van der Waals surface area contributed by atoms with Crippen LogP contribution >= 0.6 is 27.3 Å². The minimum atomic E-state index is -0.120. The van der Waals surface area contributed by atoms with E-state index in [4.69, 9.17) is 4.98 Å². The summed E-state index contributed by atoms with van der Waals surface area (Å²) in [4.78, 5) is 17.8. The number of hydrogen-bond acceptors (Lipinski definition) is 3. The molecule has 0 bridgehead atoms. The summed E-state index contributed by atoms with van der Waals surface area (Å²) in [5, 5.41) is 5.00. The van der Waals surface area contributed by atoms with E-state index < -0.39 is 0 Å². The molecule has 0 radical (unpaired) electrons. The van der Waals surface area contributed by atoms with Crippen molar-refractivity contribution in [3.8, 4) is 11.3 Å². The molecule has 3 aromatic carbocycles. The van der Waals surface area contributed by atoms with Gasteiger partial charge in [0.2, 0.25) is 0 Å². The predicted molar refractivity (Wildman–Crippen MR) is 126 cm³/mol. The highest BCUT2D eigenvalue weighted by Gasteiger charge is 2.42. The van der Waals surface area contributed by atoms with Crippen molar-refractivity contribution in [2.75, 3.05) is 5.32 Å². The summed E-state index contributed by atoms with van der Waals surface area (Å²) in [6, 6.07) is 28.0. The number of nitrogens with zero attached hydrogens (tertiary/aromatic N) is 1. The molecule has 1 aliphatic carbocycles. The van der Waals surface area contributed by atoms with Gasteiger partial charge in [-0.05, 0) is 42.2 Å². The van der Waals surface area contributed by atoms with Crippen LogP contribution in [0.3, 0.4) is 0 Å². The summed E-state index contributed by atoms with van der Waals surface area (Å²) in [7, 11) is 0. The van der Waals surface area contributed by atoms with E-state index in [1.807, 2.05) is 60.7 Å². The maximum absolute atomic E-state index is 12.8. The van der Waals surface area contributed by atoms with Gasteiger partial charge in [0.05, 0.1) is 5.01 Å². The normalized spacial score (nSPS) is 17.5. The monoisotopic (exact) mass is 474 g/mol. The Labute approximate surface area is 187 Å². The fraction of sp³-hybridized carbons (Fsp3) is 0.120. The zero-order chi connectivity index (χ0) is 20.5. The minimum Gasteiger partial charge on any atom is -0.312 e. The molecule has 0 aliphatic heterocycles. The average molecular weight is 475 g/mol. The first kappa shape index (κ1) is 19.2. The summed E-state index contributed by atoms with van der Waals surface area (Å²) in [5.41, 5.74) is 3.85. The summed E-state index contributed by atoms with van der Waals surface area (Å²) < 4.78 is 0.949. The van der Waals surface area contributed by atoms with Gasteiger partial charge in [-0.1, -0.05) is 76.6 Å². The Morgan fingerprint density at radius 3 is 2.27 bits per heavy atom. The molecule has 1 fully saturated rings. The fourth-order valence-electron chi connectivity index (χ4n) is 3.68. The lowest BCUT2D eigenvalue weighted by Gasteiger charge is -2.05. The Morgan fingerprint density at radius 2 is 1.57 bits per heavy atom. The van der Waals surface area contributed by atoms with E-state index in [0.29, 0.717) is 17.4 Å². The molecular formula is C25H19BrN2OS. The van der Waals surface area contributed by atoms with Crippen LogP contribution in [0.4, 0.5) is 5.00 Å². The summed E-state index contributed by atoms with van der Waals surface area (Å²) >= 11 is 5.01. The largest absolute Gasteiger partial charge is 0.312 e. The molecule has 1 heterocycles. The van der Waals surface area contributed by atoms with E-state index in [1.165, 1.54) is 5.56 Å². The van der Waals surface area contributed by atoms with Crippen LogP contribution in [0.25, 0.3) is 11.3 Å². The van der Waals surface area contributed by atoms with Crippen LogP contribution in [-0.4, -0.2) is 10.9 Å². The second kappa shape index (κ2) is 8.17. The molecule has 5 rings (SSSR count). The van der Waals surface area contributed by atoms with Crippen molar-refractivity contribution in [3.05, 3.63) is 106 Å². The van der Waals surface area contributed by atoms with E-state index >= 15 is 0 Å². The molecule has 148 valence electrons. The molecule has 3 nitrogen and oxygen atoms in total. The second-order valence-electron chi connectivity index (χ2n) is 7.42. The number of hydrogen-bond donors (Lipinski definition) is 1. The highest BCUT2D eigenvalue weighted by atomic mass is 79.9. The van der Waals surface area contributed by atoms with Crippen molar-refractivity contribution in [1.29, 1.82) is 0 Å². The number of anilines is 1. The number of nitrogens with one attached hydrogen (secondary N) is 1. The van der Waals surface area contributed by atoms with Crippen LogP contribution in [0.2, 0.25) is 0 Å². The van der Waals surface area contributed by atoms with Gasteiger partial charge in [0.15, 0.2) is 0 Å². The van der Waals surface area contributed by atoms with Gasteiger partial charge >= 0.3 is 0 Å². The standard InChI is InChI=1S/C25H19BrN2OS/c26-19-13-11-18(12-14-19)23(29)28-25-22(17-9-5-2-6-10-17)27-24(30-25)21-15-20(21)16-7-3-1-4-8-16/h1-14,20-21H,15H2,(H,28,29). The Kier molecular flexibility index (Phi) is 5.23. The lowest BCUT2D eigenvalue weighted by molar-refractivity contribution is 0.102. The lowest BCUT2D eigenvalue weighted by Crippen LogP contribution is -2.11. The molecule has 1 amide bonds. The van der Waals surface area contributed by atoms with Gasteiger partial charge in [-0.25, -0.2) is 4.98 Å². The molecule has 5 heteroatoms. The summed E-state index contributed by atoms with van der Waals surface area (Å²) in [6.45, 7) is 0. The first-order chi connectivity index (χ1) is 14.7. The smallest absolute Gasteiger partial charge is 0.256 e. The van der Waals surface area contributed by atoms with Gasteiger partial charge < -0.3 is 5.32 Å². The van der Waals surface area contributed by atoms with Gasteiger partial charge in [0.25, 0.3) is 5.91 Å². The van der Waals surface area contributed by atoms with Crippen molar-refractivity contribution >= 4 is 38.2 Å². The Morgan fingerprint density at radius 1 is 0.900 bits per heavy atom. The number of carbonyl (C=O) groups excluding carboxylic acids is 1. The zero-order valence-electron chi connectivity index (χ0n) is 16.1. The van der Waals surface area contributed by atoms with Gasteiger partial charge in [-0.3, -0.25) is 4.79 Å². The predicted octanol–water partition coefficient (Wildman–Crippen LogP) is 7.10. The molecular weight excluding hydrogens is 456 g/mol. The highest BCUT2D eigenvalue weighted by Crippen LogP contribution is 2.56. The number of rotatable bonds is 5. The van der Waals surface area contributed by atoms with Crippen molar-refractivity contribution in [2.24, 2.45) is 0 Å². The Bertz CT molecular complexity index is 1170. The first-order valence-electron chi connectivity index (χ1n) is 9.87. The number of thiazole rings is 1. The molecule has 1 saturated carbocycles. The SMILES string of the molecule is O=C(Nc1sc(C2CC2c2ccccc2)nc1-c1ccccc1)c1ccc(Br)cc1. The van der Waals surface area contributed by atoms with Crippen molar-refractivity contribution in [1.82, 2.24) is 4.98 Å². The first-order valence-corrected chi connectivity index (χ1v) is 11.5. The number of halogens is 1. The second-order valence-corrected chi connectivity index (χ2v) is 9.36. The average Bonchev–Trinajstić information content (AvgIpc) is 3.49. The van der Waals surface area contributed by atoms with Crippen molar-refractivity contribution < 1.29 is 4.79 Å². The lowest BCUT2D eigenvalue weighted by atomic mass is 10.1. The number of aromatic nitrogens is 1. The Balaban J connectivity index is 1.45. The summed E-state index contributed by atoms with van der Waals surface area (Å²) in [5.74, 6) is 0.805. The van der Waals surface area contributed by atoms with Gasteiger partial charge in [-0.15, -0.1) is 11.3 Å². The zero-order valence-corrected chi connectivity index (χ0v) is 18.5. The van der Waals surface area contributed by atoms with Crippen LogP contribution in [0, 0.1) is 0 Å². The van der Waals surface area contributed by atoms with Crippen LogP contribution in [-0.2, 0) is 0 Å². The third-order valence-electron chi connectivity index (χ3n) is 5.36. The van der Waals surface area contributed by atoms with E-state index in [2.05, 4.69) is 45.5 Å². The summed E-state index contributed by atoms with van der Waals surface area (Å²) in [6.07, 6.45) is 1.10. The van der Waals surface area contributed by atoms with Crippen LogP contribution in [0.1, 0.15) is 39.2 Å². The maximum atomic E-state index is 12.8. The fourth-order valence-corrected chi connectivity index (χ4v) is 5.11. The van der Waals surface area contributed by atoms with E-state index in [0.717, 1.165) is 32.2 Å². The molecule has 0 saturated heterocycles. The number of amides is 1. The van der Waals surface area contributed by atoms with E-state index in [1.54, 1.807) is 11.3 Å². The molecule has 1 aliphatic rings. The molecule has 4 aromatic rings. The third-order valence-corrected chi connectivity index (χ3v) is 6.99. The third kappa shape index (κ3) is 3.95. The quantitative estimate of drug-likeness (QED) is 0.335. The van der Waals surface area contributed by atoms with Crippen LogP contribution in [0.15, 0.2) is 89.4 Å². The Hall–Kier alpha value is -2.76. The minimum absolute atomic E-state index is 0.120. The van der Waals surface area contributed by atoms with Gasteiger partial charge in [-0.2, -0.15) is 0 Å². The molecule has 0 spiro atoms. The maximum Gasteiger partial charge on any atom is 0.256 e. The molecule has 2 atom stereocenters. The molecule has 2 unspecified atom stereocenters. The molecule has 1 aromatic heterocycles. The van der Waals surface area contributed by atoms with Crippen molar-refractivity contribution in [3.63, 3.8) is 0 Å². The van der Waals surface area contributed by atoms with Crippen LogP contribution < -0.4 is 5.32 Å². The van der Waals surface area contributed by atoms with E-state index in [-0.39, 0.29) is 5.91 Å². The highest BCUT2D eigenvalue weighted by molar-refractivity contribution is 9.10. The van der Waals surface area contributed by atoms with Crippen molar-refractivity contribution in [2.45, 2.75) is 18.3 Å². The topological polar surface area (TPSA) is 42.0 Å². The van der Waals surface area contributed by atoms with Crippen LogP contribution in [0.5, 0.6) is 0 Å². The molecule has 30 heavy (non-hydrogen) atoms. The van der Waals surface area contributed by atoms with E-state index in [9.17, 15) is 4.79 Å².